The van der Waals surface area contributed by atoms with Crippen molar-refractivity contribution in [2.24, 2.45) is 0 Å². The van der Waals surface area contributed by atoms with Crippen LogP contribution >= 0.6 is 31.9 Å². The SMILES string of the molecule is Cc1ncnc2ccc(Br)cc12.[2H]C([2H])([2H])c1ncnc2ccc(-c3nnc(N)nc3-c3ccc(F)cc3)cc12.[2H]C([2H])([2H])c1ncnc2ccc(-c3nnc(N)nc3-c3ccc(F)cc3)cc12.[2H]C([2H])([2H])c1ncnc2ccc(Br)cc12. The van der Waals surface area contributed by atoms with Gasteiger partial charge >= 0.3 is 0 Å². The summed E-state index contributed by atoms with van der Waals surface area (Å²) in [5, 5.41) is 18.3. The Labute approximate surface area is 450 Å². The van der Waals surface area contributed by atoms with Crippen LogP contribution in [-0.2, 0) is 0 Å². The molecule has 364 valence electrons. The normalized spacial score (nSPS) is 13.1. The molecule has 0 unspecified atom stereocenters. The molecule has 12 rings (SSSR count). The predicted octanol–water partition coefficient (Wildman–Crippen LogP) is 11.8. The number of fused-ring (bicyclic) bond motifs is 4. The number of nitrogen functional groups attached to an aromatic ring is 2. The fraction of sp³-hybridized carbons (Fsp3) is 0.0741. The maximum atomic E-state index is 13.3. The Morgan fingerprint density at radius 2 is 0.703 bits per heavy atom. The summed E-state index contributed by atoms with van der Waals surface area (Å²) in [6, 6.07) is 32.8. The van der Waals surface area contributed by atoms with E-state index in [0.29, 0.717) is 77.7 Å². The van der Waals surface area contributed by atoms with Gasteiger partial charge in [0.25, 0.3) is 0 Å². The minimum absolute atomic E-state index is 0.0321. The maximum absolute atomic E-state index is 13.3. The number of hydrogen-bond donors (Lipinski definition) is 2. The van der Waals surface area contributed by atoms with E-state index in [1.165, 1.54) is 43.2 Å². The van der Waals surface area contributed by atoms with Gasteiger partial charge in [0, 0.05) is 87.9 Å². The van der Waals surface area contributed by atoms with Gasteiger partial charge in [-0.2, -0.15) is 0 Å². The Morgan fingerprint density at radius 3 is 1.08 bits per heavy atom. The Bertz CT molecular complexity index is 4170. The number of benzene rings is 6. The molecule has 0 bridgehead atoms. The lowest BCUT2D eigenvalue weighted by atomic mass is 10.0. The summed E-state index contributed by atoms with van der Waals surface area (Å²) in [6.07, 6.45) is 5.31. The van der Waals surface area contributed by atoms with Crippen molar-refractivity contribution in [2.75, 3.05) is 11.5 Å². The molecule has 0 amide bonds. The third-order valence-electron chi connectivity index (χ3n) is 10.9. The molecule has 0 aliphatic heterocycles. The second-order valence-corrected chi connectivity index (χ2v) is 17.5. The van der Waals surface area contributed by atoms with Gasteiger partial charge < -0.3 is 11.5 Å². The average Bonchev–Trinajstić information content (AvgIpc) is 3.59. The molecule has 0 aliphatic rings. The van der Waals surface area contributed by atoms with Crippen LogP contribution in [0, 0.1) is 39.1 Å². The van der Waals surface area contributed by atoms with E-state index in [1.807, 2.05) is 31.2 Å². The third kappa shape index (κ3) is 11.6. The minimum atomic E-state index is -2.40. The Balaban J connectivity index is 0.000000141. The molecule has 0 atom stereocenters. The molecule has 0 fully saturated rings. The minimum Gasteiger partial charge on any atom is -0.366 e. The van der Waals surface area contributed by atoms with Crippen LogP contribution in [0.5, 0.6) is 0 Å². The van der Waals surface area contributed by atoms with Crippen molar-refractivity contribution in [3.05, 3.63) is 190 Å². The molecule has 4 N–H and O–H groups in total. The van der Waals surface area contributed by atoms with E-state index in [1.54, 1.807) is 79.1 Å². The molecule has 12 aromatic rings. The van der Waals surface area contributed by atoms with Crippen LogP contribution in [0.4, 0.5) is 20.7 Å². The van der Waals surface area contributed by atoms with Gasteiger partial charge in [-0.25, -0.2) is 58.6 Å². The first-order valence-corrected chi connectivity index (χ1v) is 23.3. The monoisotopic (exact) mass is 1120 g/mol. The fourth-order valence-electron chi connectivity index (χ4n) is 7.28. The molecule has 20 heteroatoms. The van der Waals surface area contributed by atoms with Crippen molar-refractivity contribution in [3.8, 4) is 45.0 Å². The number of aryl methyl sites for hydroxylation is 4. The molecule has 0 radical (unpaired) electrons. The van der Waals surface area contributed by atoms with Crippen LogP contribution in [0.25, 0.3) is 88.6 Å². The van der Waals surface area contributed by atoms with E-state index in [-0.39, 0.29) is 40.6 Å². The smallest absolute Gasteiger partial charge is 0.240 e. The molecule has 74 heavy (non-hydrogen) atoms. The molecule has 16 nitrogen and oxygen atoms in total. The Kier molecular flexibility index (Phi) is 11.9. The number of rotatable bonds is 4. The van der Waals surface area contributed by atoms with E-state index < -0.39 is 20.6 Å². The van der Waals surface area contributed by atoms with Crippen molar-refractivity contribution in [1.82, 2.24) is 70.2 Å². The molecule has 0 saturated carbocycles. The second-order valence-electron chi connectivity index (χ2n) is 15.7. The first kappa shape index (κ1) is 39.7. The number of nitrogens with two attached hydrogens (primary N) is 2. The summed E-state index contributed by atoms with van der Waals surface area (Å²) in [5.74, 6) is -0.832. The summed E-state index contributed by atoms with van der Waals surface area (Å²) in [6.45, 7) is -5.02. The largest absolute Gasteiger partial charge is 0.366 e. The van der Waals surface area contributed by atoms with Crippen LogP contribution in [0.2, 0.25) is 0 Å². The molecule has 6 aromatic carbocycles. The highest BCUT2D eigenvalue weighted by Crippen LogP contribution is 2.33. The standard InChI is InChI=1S/2C18H13FN6.2C9H7BrN2/c2*1-10-14-8-12(4-7-15(14)22-9-21-10)17-16(23-18(20)25-24-17)11-2-5-13(19)6-3-11;2*1-6-8-4-7(10)2-3-9(8)12-5-11-6/h2*2-9H,1H3,(H2,20,23,25);2*2-5H,1H3/i3*1D3;. The fourth-order valence-corrected chi connectivity index (χ4v) is 8.00. The number of halogens is 4. The van der Waals surface area contributed by atoms with E-state index in [4.69, 9.17) is 23.8 Å². The van der Waals surface area contributed by atoms with Crippen molar-refractivity contribution in [1.29, 1.82) is 0 Å². The van der Waals surface area contributed by atoms with Gasteiger partial charge in [-0.15, -0.1) is 20.4 Å². The van der Waals surface area contributed by atoms with Gasteiger partial charge in [-0.3, -0.25) is 0 Å². The highest BCUT2D eigenvalue weighted by molar-refractivity contribution is 9.10. The van der Waals surface area contributed by atoms with Gasteiger partial charge in [0.15, 0.2) is 0 Å². The zero-order chi connectivity index (χ0) is 59.4. The van der Waals surface area contributed by atoms with E-state index >= 15 is 0 Å². The zero-order valence-electron chi connectivity index (χ0n) is 47.3. The lowest BCUT2D eigenvalue weighted by Gasteiger charge is -2.09. The summed E-state index contributed by atoms with van der Waals surface area (Å²) in [7, 11) is 0. The van der Waals surface area contributed by atoms with Crippen LogP contribution < -0.4 is 11.5 Å². The number of hydrogen-bond acceptors (Lipinski definition) is 16. The number of anilines is 2. The van der Waals surface area contributed by atoms with Crippen LogP contribution in [0.3, 0.4) is 0 Å². The Morgan fingerprint density at radius 1 is 0.378 bits per heavy atom. The van der Waals surface area contributed by atoms with Crippen LogP contribution in [-0.4, -0.2) is 70.2 Å². The highest BCUT2D eigenvalue weighted by atomic mass is 79.9. The molecular weight excluding hydrogens is 1070 g/mol. The third-order valence-corrected chi connectivity index (χ3v) is 11.8. The summed E-state index contributed by atoms with van der Waals surface area (Å²) in [5.41, 5.74) is 18.9. The predicted molar refractivity (Wildman–Crippen MR) is 290 cm³/mol. The zero-order valence-corrected chi connectivity index (χ0v) is 41.5. The topological polar surface area (TPSA) is 232 Å². The molecule has 6 aromatic heterocycles. The summed E-state index contributed by atoms with van der Waals surface area (Å²) >= 11 is 6.71. The average molecular weight is 1120 g/mol. The van der Waals surface area contributed by atoms with Gasteiger partial charge in [-0.05, 0) is 137 Å². The van der Waals surface area contributed by atoms with Crippen molar-refractivity contribution in [2.45, 2.75) is 27.5 Å². The Hall–Kier alpha value is -8.88. The lowest BCUT2D eigenvalue weighted by Crippen LogP contribution is -2.02. The van der Waals surface area contributed by atoms with E-state index in [9.17, 15) is 8.78 Å². The number of nitrogens with zero attached hydrogens (tertiary/aromatic N) is 14. The molecule has 0 saturated heterocycles. The van der Waals surface area contributed by atoms with Crippen LogP contribution in [0.1, 0.15) is 35.1 Å². The molecular formula is C54H40Br2F2N16. The van der Waals surface area contributed by atoms with Gasteiger partial charge in [-0.1, -0.05) is 44.0 Å². The second kappa shape index (κ2) is 22.3. The molecule has 0 aliphatic carbocycles. The maximum Gasteiger partial charge on any atom is 0.240 e. The van der Waals surface area contributed by atoms with Gasteiger partial charge in [0.2, 0.25) is 11.9 Å². The number of aromatic nitrogens is 14. The van der Waals surface area contributed by atoms with E-state index in [0.717, 1.165) is 25.5 Å². The van der Waals surface area contributed by atoms with Crippen molar-refractivity contribution < 1.29 is 21.1 Å². The summed E-state index contributed by atoms with van der Waals surface area (Å²) < 4.78 is 96.8. The quantitative estimate of drug-likeness (QED) is 0.167. The van der Waals surface area contributed by atoms with E-state index in [2.05, 4.69) is 102 Å². The van der Waals surface area contributed by atoms with Crippen LogP contribution in [0.15, 0.2) is 156 Å². The van der Waals surface area contributed by atoms with Gasteiger partial charge in [0.05, 0.1) is 22.1 Å². The lowest BCUT2D eigenvalue weighted by molar-refractivity contribution is 0.627. The van der Waals surface area contributed by atoms with Crippen molar-refractivity contribution >= 4 is 87.4 Å². The summed E-state index contributed by atoms with van der Waals surface area (Å²) in [4.78, 5) is 40.7. The highest BCUT2D eigenvalue weighted by Gasteiger charge is 2.16. The van der Waals surface area contributed by atoms with Crippen molar-refractivity contribution in [3.63, 3.8) is 0 Å². The molecule has 6 heterocycles. The first-order valence-electron chi connectivity index (χ1n) is 26.2. The van der Waals surface area contributed by atoms with Gasteiger partial charge in [0.1, 0.15) is 59.7 Å². The first-order chi connectivity index (χ1) is 39.4. The molecule has 0 spiro atoms.